The fraction of sp³-hybridized carbons (Fsp3) is 0.579. The van der Waals surface area contributed by atoms with Gasteiger partial charge in [-0.25, -0.2) is 9.67 Å². The minimum Gasteiger partial charge on any atom is -0.374 e. The van der Waals surface area contributed by atoms with Crippen molar-refractivity contribution in [2.75, 3.05) is 19.7 Å². The molecular formula is C19H26N4O. The molecule has 128 valence electrons. The van der Waals surface area contributed by atoms with Gasteiger partial charge in [-0.2, -0.15) is 5.10 Å². The van der Waals surface area contributed by atoms with E-state index in [9.17, 15) is 0 Å². The minimum atomic E-state index is 0.188. The predicted molar refractivity (Wildman–Crippen MR) is 92.9 cm³/mol. The van der Waals surface area contributed by atoms with Crippen LogP contribution in [0.5, 0.6) is 0 Å². The van der Waals surface area contributed by atoms with Crippen molar-refractivity contribution >= 4 is 0 Å². The average Bonchev–Trinajstić information content (AvgIpc) is 2.92. The maximum absolute atomic E-state index is 6.02. The van der Waals surface area contributed by atoms with Crippen LogP contribution in [0.4, 0.5) is 0 Å². The first-order valence-corrected chi connectivity index (χ1v) is 9.02. The van der Waals surface area contributed by atoms with Gasteiger partial charge in [-0.1, -0.05) is 24.3 Å². The number of nitrogens with zero attached hydrogens (tertiary/aromatic N) is 4. The Morgan fingerprint density at radius 3 is 2.96 bits per heavy atom. The molecule has 1 aliphatic heterocycles. The summed E-state index contributed by atoms with van der Waals surface area (Å²) in [4.78, 5) is 7.01. The fourth-order valence-corrected chi connectivity index (χ4v) is 4.17. The van der Waals surface area contributed by atoms with E-state index in [-0.39, 0.29) is 6.10 Å². The summed E-state index contributed by atoms with van der Waals surface area (Å²) in [5.41, 5.74) is 3.05. The van der Waals surface area contributed by atoms with E-state index in [4.69, 9.17) is 4.74 Å². The van der Waals surface area contributed by atoms with E-state index in [2.05, 4.69) is 39.2 Å². The summed E-state index contributed by atoms with van der Waals surface area (Å²) >= 11 is 0. The van der Waals surface area contributed by atoms with Gasteiger partial charge in [0.25, 0.3) is 0 Å². The van der Waals surface area contributed by atoms with Crippen LogP contribution in [0, 0.1) is 13.8 Å². The highest BCUT2D eigenvalue weighted by Crippen LogP contribution is 2.35. The molecule has 2 heterocycles. The third-order valence-electron chi connectivity index (χ3n) is 5.29. The molecular weight excluding hydrogens is 300 g/mol. The Morgan fingerprint density at radius 1 is 1.25 bits per heavy atom. The van der Waals surface area contributed by atoms with Crippen LogP contribution >= 0.6 is 0 Å². The quantitative estimate of drug-likeness (QED) is 0.870. The SMILES string of the molecule is Cc1nc(C)n(C[C@H]2CN([C@@H]3CCCc4ccccc43)CCO2)n1. The number of hydrogen-bond acceptors (Lipinski definition) is 4. The molecule has 1 aromatic carbocycles. The molecule has 5 nitrogen and oxygen atoms in total. The average molecular weight is 326 g/mol. The Bertz CT molecular complexity index is 711. The number of fused-ring (bicyclic) bond motifs is 1. The number of ether oxygens (including phenoxy) is 1. The smallest absolute Gasteiger partial charge is 0.147 e. The lowest BCUT2D eigenvalue weighted by atomic mass is 9.86. The second-order valence-electron chi connectivity index (χ2n) is 6.98. The third-order valence-corrected chi connectivity index (χ3v) is 5.29. The third kappa shape index (κ3) is 3.10. The van der Waals surface area contributed by atoms with Crippen LogP contribution in [0.25, 0.3) is 0 Å². The Balaban J connectivity index is 1.48. The van der Waals surface area contributed by atoms with Gasteiger partial charge in [0.1, 0.15) is 11.6 Å². The number of rotatable bonds is 3. The molecule has 5 heteroatoms. The molecule has 4 rings (SSSR count). The molecule has 2 atom stereocenters. The van der Waals surface area contributed by atoms with Crippen LogP contribution < -0.4 is 0 Å². The van der Waals surface area contributed by atoms with E-state index in [1.54, 1.807) is 0 Å². The minimum absolute atomic E-state index is 0.188. The standard InChI is InChI=1S/C19H26N4O/c1-14-20-15(2)23(21-14)13-17-12-22(10-11-24-17)19-9-5-7-16-6-3-4-8-18(16)19/h3-4,6,8,17,19H,5,7,9-13H2,1-2H3/t17-,19-/m1/s1. The van der Waals surface area contributed by atoms with Crippen LogP contribution in [-0.2, 0) is 17.7 Å². The predicted octanol–water partition coefficient (Wildman–Crippen LogP) is 2.67. The van der Waals surface area contributed by atoms with Gasteiger partial charge < -0.3 is 4.74 Å². The topological polar surface area (TPSA) is 43.2 Å². The molecule has 0 saturated carbocycles. The lowest BCUT2D eigenvalue weighted by Crippen LogP contribution is -2.46. The van der Waals surface area contributed by atoms with Gasteiger partial charge >= 0.3 is 0 Å². The van der Waals surface area contributed by atoms with E-state index in [0.717, 1.165) is 37.9 Å². The maximum atomic E-state index is 6.02. The second-order valence-corrected chi connectivity index (χ2v) is 6.98. The molecule has 0 spiro atoms. The monoisotopic (exact) mass is 326 g/mol. The molecule has 0 N–H and O–H groups in total. The molecule has 1 aromatic heterocycles. The summed E-state index contributed by atoms with van der Waals surface area (Å²) in [5.74, 6) is 1.80. The Kier molecular flexibility index (Phi) is 4.37. The first kappa shape index (κ1) is 15.8. The summed E-state index contributed by atoms with van der Waals surface area (Å²) in [5, 5.41) is 4.48. The molecule has 2 aromatic rings. The first-order valence-electron chi connectivity index (χ1n) is 9.02. The van der Waals surface area contributed by atoms with Crippen molar-refractivity contribution in [3.8, 4) is 0 Å². The van der Waals surface area contributed by atoms with Crippen molar-refractivity contribution in [3.05, 3.63) is 47.0 Å². The van der Waals surface area contributed by atoms with Crippen molar-refractivity contribution in [3.63, 3.8) is 0 Å². The lowest BCUT2D eigenvalue weighted by Gasteiger charge is -2.40. The molecule has 2 aliphatic rings. The zero-order valence-corrected chi connectivity index (χ0v) is 14.6. The first-order chi connectivity index (χ1) is 11.7. The lowest BCUT2D eigenvalue weighted by molar-refractivity contribution is -0.0544. The van der Waals surface area contributed by atoms with Gasteiger partial charge in [-0.3, -0.25) is 4.90 Å². The summed E-state index contributed by atoms with van der Waals surface area (Å²) in [6, 6.07) is 9.49. The molecule has 1 aliphatic carbocycles. The van der Waals surface area contributed by atoms with Crippen molar-refractivity contribution in [1.29, 1.82) is 0 Å². The molecule has 0 unspecified atom stereocenters. The number of aryl methyl sites for hydroxylation is 3. The maximum Gasteiger partial charge on any atom is 0.147 e. The largest absolute Gasteiger partial charge is 0.374 e. The van der Waals surface area contributed by atoms with Crippen molar-refractivity contribution < 1.29 is 4.74 Å². The molecule has 24 heavy (non-hydrogen) atoms. The number of hydrogen-bond donors (Lipinski definition) is 0. The molecule has 0 amide bonds. The summed E-state index contributed by atoms with van der Waals surface area (Å²) in [6.45, 7) is 7.53. The zero-order chi connectivity index (χ0) is 16.5. The highest BCUT2D eigenvalue weighted by atomic mass is 16.5. The van der Waals surface area contributed by atoms with Crippen molar-refractivity contribution in [1.82, 2.24) is 19.7 Å². The van der Waals surface area contributed by atoms with E-state index in [1.165, 1.54) is 30.4 Å². The molecule has 0 radical (unpaired) electrons. The van der Waals surface area contributed by atoms with Gasteiger partial charge in [0.15, 0.2) is 0 Å². The van der Waals surface area contributed by atoms with Gasteiger partial charge in [0, 0.05) is 19.1 Å². The van der Waals surface area contributed by atoms with E-state index >= 15 is 0 Å². The molecule has 1 fully saturated rings. The van der Waals surface area contributed by atoms with E-state index in [0.29, 0.717) is 6.04 Å². The van der Waals surface area contributed by atoms with Gasteiger partial charge in [0.2, 0.25) is 0 Å². The van der Waals surface area contributed by atoms with Crippen molar-refractivity contribution in [2.45, 2.75) is 51.8 Å². The summed E-state index contributed by atoms with van der Waals surface area (Å²) in [6.07, 6.45) is 3.95. The fourth-order valence-electron chi connectivity index (χ4n) is 4.17. The Hall–Kier alpha value is -1.72. The van der Waals surface area contributed by atoms with Crippen LogP contribution in [0.2, 0.25) is 0 Å². The number of aromatic nitrogens is 3. The summed E-state index contributed by atoms with van der Waals surface area (Å²) in [7, 11) is 0. The van der Waals surface area contributed by atoms with Crippen LogP contribution in [0.3, 0.4) is 0 Å². The van der Waals surface area contributed by atoms with Crippen LogP contribution in [0.15, 0.2) is 24.3 Å². The van der Waals surface area contributed by atoms with Gasteiger partial charge in [-0.05, 0) is 44.2 Å². The highest BCUT2D eigenvalue weighted by Gasteiger charge is 2.30. The molecule has 1 saturated heterocycles. The molecule has 0 bridgehead atoms. The highest BCUT2D eigenvalue weighted by molar-refractivity contribution is 5.32. The number of morpholine rings is 1. The zero-order valence-electron chi connectivity index (χ0n) is 14.6. The number of benzene rings is 1. The van der Waals surface area contributed by atoms with Crippen LogP contribution in [-0.4, -0.2) is 45.5 Å². The van der Waals surface area contributed by atoms with Gasteiger partial charge in [0.05, 0.1) is 19.3 Å². The normalized spacial score (nSPS) is 24.8. The Labute approximate surface area is 143 Å². The van der Waals surface area contributed by atoms with Crippen molar-refractivity contribution in [2.24, 2.45) is 0 Å². The summed E-state index contributed by atoms with van der Waals surface area (Å²) < 4.78 is 8.01. The van der Waals surface area contributed by atoms with E-state index in [1.807, 2.05) is 18.5 Å². The van der Waals surface area contributed by atoms with E-state index < -0.39 is 0 Å². The second kappa shape index (κ2) is 6.65. The Morgan fingerprint density at radius 2 is 2.12 bits per heavy atom. The van der Waals surface area contributed by atoms with Gasteiger partial charge in [-0.15, -0.1) is 0 Å². The van der Waals surface area contributed by atoms with Crippen LogP contribution in [0.1, 0.15) is 41.7 Å².